The van der Waals surface area contributed by atoms with Gasteiger partial charge in [-0.05, 0) is 19.9 Å². The molecular weight excluding hydrogens is 138 g/mol. The predicted octanol–water partition coefficient (Wildman–Crippen LogP) is 0.528. The summed E-state index contributed by atoms with van der Waals surface area (Å²) in [7, 11) is 1.93. The molecule has 3 N–H and O–H groups in total. The highest BCUT2D eigenvalue weighted by Gasteiger charge is 1.97. The van der Waals surface area contributed by atoms with Crippen LogP contribution in [-0.4, -0.2) is 26.0 Å². The number of nitrogens with two attached hydrogens (primary N) is 1. The summed E-state index contributed by atoms with van der Waals surface area (Å²) < 4.78 is 0. The largest absolute Gasteiger partial charge is 0.390 e. The second-order valence-electron chi connectivity index (χ2n) is 2.33. The van der Waals surface area contributed by atoms with Crippen LogP contribution in [0.3, 0.4) is 0 Å². The number of aliphatic imine (C=N–C) groups is 1. The van der Waals surface area contributed by atoms with E-state index in [1.165, 1.54) is 6.34 Å². The molecule has 0 fully saturated rings. The molecule has 64 valence electrons. The molecule has 0 aromatic carbocycles. The molecule has 0 heterocycles. The molecule has 0 saturated carbocycles. The summed E-state index contributed by atoms with van der Waals surface area (Å²) in [6.45, 7) is 4.51. The van der Waals surface area contributed by atoms with Gasteiger partial charge in [-0.3, -0.25) is 4.99 Å². The molecule has 11 heavy (non-hydrogen) atoms. The number of hydrogen-bond acceptors (Lipinski definition) is 2. The maximum atomic E-state index is 5.08. The molecule has 0 bridgehead atoms. The van der Waals surface area contributed by atoms with Crippen LogP contribution in [0.2, 0.25) is 0 Å². The maximum absolute atomic E-state index is 5.08. The van der Waals surface area contributed by atoms with Crippen molar-refractivity contribution in [1.82, 2.24) is 5.32 Å². The van der Waals surface area contributed by atoms with Gasteiger partial charge in [-0.25, -0.2) is 0 Å². The Hall–Kier alpha value is -0.830. The van der Waals surface area contributed by atoms with E-state index in [1.54, 1.807) is 0 Å². The van der Waals surface area contributed by atoms with Gasteiger partial charge in [0.2, 0.25) is 0 Å². The summed E-state index contributed by atoms with van der Waals surface area (Å²) >= 11 is 0. The number of likely N-dealkylation sites (N-methyl/N-ethyl adjacent to an activating group) is 1. The molecule has 0 rings (SSSR count). The minimum absolute atomic E-state index is 0.406. The second kappa shape index (κ2) is 7.28. The van der Waals surface area contributed by atoms with Crippen LogP contribution in [0.25, 0.3) is 0 Å². The minimum Gasteiger partial charge on any atom is -0.390 e. The molecule has 0 aliphatic rings. The average Bonchev–Trinajstić information content (AvgIpc) is 2.05. The van der Waals surface area contributed by atoms with Crippen LogP contribution >= 0.6 is 0 Å². The lowest BCUT2D eigenvalue weighted by Crippen LogP contribution is -2.22. The van der Waals surface area contributed by atoms with E-state index in [0.717, 1.165) is 19.4 Å². The van der Waals surface area contributed by atoms with Crippen molar-refractivity contribution in [1.29, 1.82) is 0 Å². The highest BCUT2D eigenvalue weighted by molar-refractivity contribution is 5.50. The van der Waals surface area contributed by atoms with Gasteiger partial charge in [0.15, 0.2) is 0 Å². The molecule has 0 radical (unpaired) electrons. The van der Waals surface area contributed by atoms with Crippen LogP contribution < -0.4 is 11.1 Å². The van der Waals surface area contributed by atoms with Crippen molar-refractivity contribution in [3.8, 4) is 0 Å². The maximum Gasteiger partial charge on any atom is 0.0797 e. The zero-order valence-electron chi connectivity index (χ0n) is 7.09. The smallest absolute Gasteiger partial charge is 0.0797 e. The van der Waals surface area contributed by atoms with E-state index in [-0.39, 0.29) is 0 Å². The SMILES string of the molecule is C=CC(CCCN=CN)NC. The molecule has 0 aromatic heterocycles. The topological polar surface area (TPSA) is 50.4 Å². The zero-order chi connectivity index (χ0) is 8.53. The number of nitrogens with zero attached hydrogens (tertiary/aromatic N) is 1. The first-order valence-electron chi connectivity index (χ1n) is 3.85. The number of hydrogen-bond donors (Lipinski definition) is 2. The fourth-order valence-electron chi connectivity index (χ4n) is 0.857. The highest BCUT2D eigenvalue weighted by Crippen LogP contribution is 1.96. The second-order valence-corrected chi connectivity index (χ2v) is 2.33. The average molecular weight is 155 g/mol. The summed E-state index contributed by atoms with van der Waals surface area (Å²) in [6.07, 6.45) is 5.37. The van der Waals surface area contributed by atoms with Gasteiger partial charge in [0.25, 0.3) is 0 Å². The van der Waals surface area contributed by atoms with Gasteiger partial charge < -0.3 is 11.1 Å². The van der Waals surface area contributed by atoms with Crippen molar-refractivity contribution in [2.45, 2.75) is 18.9 Å². The number of nitrogens with one attached hydrogen (secondary N) is 1. The normalized spacial score (nSPS) is 13.5. The molecule has 3 nitrogen and oxygen atoms in total. The first-order chi connectivity index (χ1) is 5.35. The van der Waals surface area contributed by atoms with Crippen molar-refractivity contribution >= 4 is 6.34 Å². The van der Waals surface area contributed by atoms with E-state index >= 15 is 0 Å². The lowest BCUT2D eigenvalue weighted by Gasteiger charge is -2.08. The monoisotopic (exact) mass is 155 g/mol. The Kier molecular flexibility index (Phi) is 6.73. The van der Waals surface area contributed by atoms with Crippen LogP contribution in [0.15, 0.2) is 17.6 Å². The van der Waals surface area contributed by atoms with Crippen molar-refractivity contribution in [3.63, 3.8) is 0 Å². The zero-order valence-corrected chi connectivity index (χ0v) is 7.09. The lowest BCUT2D eigenvalue weighted by atomic mass is 10.1. The van der Waals surface area contributed by atoms with Crippen molar-refractivity contribution in [2.24, 2.45) is 10.7 Å². The Morgan fingerprint density at radius 1 is 1.73 bits per heavy atom. The highest BCUT2D eigenvalue weighted by atomic mass is 14.9. The Morgan fingerprint density at radius 3 is 2.91 bits per heavy atom. The summed E-state index contributed by atoms with van der Waals surface area (Å²) in [5, 5.41) is 3.13. The molecule has 3 heteroatoms. The van der Waals surface area contributed by atoms with Gasteiger partial charge in [-0.15, -0.1) is 6.58 Å². The predicted molar refractivity (Wildman–Crippen MR) is 49.8 cm³/mol. The van der Waals surface area contributed by atoms with Crippen LogP contribution in [0.1, 0.15) is 12.8 Å². The van der Waals surface area contributed by atoms with Crippen LogP contribution in [0.5, 0.6) is 0 Å². The van der Waals surface area contributed by atoms with Gasteiger partial charge in [0.1, 0.15) is 0 Å². The molecular formula is C8H17N3. The molecule has 0 spiro atoms. The molecule has 1 unspecified atom stereocenters. The molecule has 0 aliphatic carbocycles. The van der Waals surface area contributed by atoms with Gasteiger partial charge in [-0.1, -0.05) is 6.08 Å². The van der Waals surface area contributed by atoms with Crippen LogP contribution in [-0.2, 0) is 0 Å². The van der Waals surface area contributed by atoms with Gasteiger partial charge in [0.05, 0.1) is 6.34 Å². The Morgan fingerprint density at radius 2 is 2.45 bits per heavy atom. The number of rotatable bonds is 6. The molecule has 1 atom stereocenters. The van der Waals surface area contributed by atoms with Crippen molar-refractivity contribution < 1.29 is 0 Å². The molecule has 0 saturated heterocycles. The fourth-order valence-corrected chi connectivity index (χ4v) is 0.857. The van der Waals surface area contributed by atoms with E-state index in [2.05, 4.69) is 16.9 Å². The van der Waals surface area contributed by atoms with Gasteiger partial charge in [0, 0.05) is 12.6 Å². The lowest BCUT2D eigenvalue weighted by molar-refractivity contribution is 0.591. The molecule has 0 amide bonds. The third-order valence-electron chi connectivity index (χ3n) is 1.56. The summed E-state index contributed by atoms with van der Waals surface area (Å²) in [4.78, 5) is 3.90. The minimum atomic E-state index is 0.406. The van der Waals surface area contributed by atoms with E-state index in [9.17, 15) is 0 Å². The fraction of sp³-hybridized carbons (Fsp3) is 0.625. The first-order valence-corrected chi connectivity index (χ1v) is 3.85. The third-order valence-corrected chi connectivity index (χ3v) is 1.56. The van der Waals surface area contributed by atoms with E-state index < -0.39 is 0 Å². The van der Waals surface area contributed by atoms with E-state index in [0.29, 0.717) is 6.04 Å². The Balaban J connectivity index is 3.28. The Bertz CT molecular complexity index is 121. The summed E-state index contributed by atoms with van der Waals surface area (Å²) in [5.41, 5.74) is 5.08. The standard InChI is InChI=1S/C8H17N3/c1-3-8(10-2)5-4-6-11-7-9/h3,7-8,10H,1,4-6H2,2H3,(H2,9,11). The van der Waals surface area contributed by atoms with Crippen molar-refractivity contribution in [2.75, 3.05) is 13.6 Å². The van der Waals surface area contributed by atoms with E-state index in [1.807, 2.05) is 13.1 Å². The summed E-state index contributed by atoms with van der Waals surface area (Å²) in [5.74, 6) is 0. The van der Waals surface area contributed by atoms with Crippen LogP contribution in [0, 0.1) is 0 Å². The van der Waals surface area contributed by atoms with Crippen LogP contribution in [0.4, 0.5) is 0 Å². The molecule has 0 aliphatic heterocycles. The third kappa shape index (κ3) is 5.61. The summed E-state index contributed by atoms with van der Waals surface area (Å²) in [6, 6.07) is 0.406. The molecule has 0 aromatic rings. The van der Waals surface area contributed by atoms with E-state index in [4.69, 9.17) is 5.73 Å². The first kappa shape index (κ1) is 10.2. The van der Waals surface area contributed by atoms with Crippen molar-refractivity contribution in [3.05, 3.63) is 12.7 Å². The van der Waals surface area contributed by atoms with Gasteiger partial charge in [-0.2, -0.15) is 0 Å². The van der Waals surface area contributed by atoms with Gasteiger partial charge >= 0.3 is 0 Å². The quantitative estimate of drug-likeness (QED) is 0.254. The Labute approximate surface area is 68.4 Å².